The Kier molecular flexibility index (Phi) is 5.75. The van der Waals surface area contributed by atoms with Gasteiger partial charge in [0.2, 0.25) is 5.91 Å². The number of rotatable bonds is 6. The summed E-state index contributed by atoms with van der Waals surface area (Å²) in [5.41, 5.74) is 2.66. The Balaban J connectivity index is 2.10. The van der Waals surface area contributed by atoms with Gasteiger partial charge >= 0.3 is 0 Å². The van der Waals surface area contributed by atoms with Gasteiger partial charge in [-0.1, -0.05) is 42.0 Å². The fraction of sp³-hybridized carbons (Fsp3) is 0.294. The maximum Gasteiger partial charge on any atom is 0.228 e. The highest BCUT2D eigenvalue weighted by atomic mass is 35.5. The molecule has 1 aromatic carbocycles. The molecule has 0 spiro atoms. The molecule has 0 aliphatic carbocycles. The molecule has 0 saturated carbocycles. The number of hydrogen-bond acceptors (Lipinski definition) is 3. The summed E-state index contributed by atoms with van der Waals surface area (Å²) in [6.45, 7) is 9.03. The van der Waals surface area contributed by atoms with Crippen LogP contribution in [0.2, 0.25) is 5.02 Å². The van der Waals surface area contributed by atoms with Crippen LogP contribution in [0.5, 0.6) is 0 Å². The Morgan fingerprint density at radius 3 is 2.77 bits per heavy atom. The van der Waals surface area contributed by atoms with E-state index in [1.54, 1.807) is 4.90 Å². The summed E-state index contributed by atoms with van der Waals surface area (Å²) in [4.78, 5) is 18.6. The molecular weight excluding hydrogens is 316 g/mol. The standard InChI is InChI=1S/C17H19ClN2OS/c1-4-20(10-12(2)3)16(21)9-13-11-22-17(19-13)14-7-5-6-8-15(14)18/h5-8,11H,2,4,9-10H2,1,3H3. The van der Waals surface area contributed by atoms with Crippen LogP contribution in [0.15, 0.2) is 41.8 Å². The summed E-state index contributed by atoms with van der Waals surface area (Å²) in [5.74, 6) is 0.0708. The summed E-state index contributed by atoms with van der Waals surface area (Å²) in [7, 11) is 0. The number of benzene rings is 1. The molecule has 0 aliphatic rings. The normalized spacial score (nSPS) is 10.5. The van der Waals surface area contributed by atoms with Gasteiger partial charge in [-0.05, 0) is 19.9 Å². The third-order valence-corrected chi connectivity index (χ3v) is 4.44. The Morgan fingerprint density at radius 1 is 1.41 bits per heavy atom. The van der Waals surface area contributed by atoms with Gasteiger partial charge in [0, 0.05) is 24.0 Å². The van der Waals surface area contributed by atoms with E-state index in [2.05, 4.69) is 11.6 Å². The lowest BCUT2D eigenvalue weighted by atomic mass is 10.2. The molecule has 1 heterocycles. The highest BCUT2D eigenvalue weighted by Crippen LogP contribution is 2.30. The van der Waals surface area contributed by atoms with Crippen LogP contribution in [0.1, 0.15) is 19.5 Å². The molecule has 3 nitrogen and oxygen atoms in total. The number of likely N-dealkylation sites (N-methyl/N-ethyl adjacent to an activating group) is 1. The SMILES string of the molecule is C=C(C)CN(CC)C(=O)Cc1csc(-c2ccccc2Cl)n1. The van der Waals surface area contributed by atoms with Crippen molar-refractivity contribution in [1.29, 1.82) is 0 Å². The maximum atomic E-state index is 12.3. The largest absolute Gasteiger partial charge is 0.339 e. The van der Waals surface area contributed by atoms with E-state index in [-0.39, 0.29) is 5.91 Å². The first kappa shape index (κ1) is 16.7. The summed E-state index contributed by atoms with van der Waals surface area (Å²) >= 11 is 7.69. The Morgan fingerprint density at radius 2 is 2.14 bits per heavy atom. The first-order chi connectivity index (χ1) is 10.5. The summed E-state index contributed by atoms with van der Waals surface area (Å²) < 4.78 is 0. The van der Waals surface area contributed by atoms with Crippen LogP contribution in [-0.4, -0.2) is 28.9 Å². The van der Waals surface area contributed by atoms with Gasteiger partial charge in [-0.25, -0.2) is 4.98 Å². The highest BCUT2D eigenvalue weighted by Gasteiger charge is 2.15. The zero-order valence-electron chi connectivity index (χ0n) is 12.8. The second-order valence-corrected chi connectivity index (χ2v) is 6.43. The average Bonchev–Trinajstić information content (AvgIpc) is 2.93. The molecule has 0 radical (unpaired) electrons. The molecule has 0 unspecified atom stereocenters. The molecule has 1 amide bonds. The predicted molar refractivity (Wildman–Crippen MR) is 93.3 cm³/mol. The second-order valence-electron chi connectivity index (χ2n) is 5.17. The number of amides is 1. The van der Waals surface area contributed by atoms with Gasteiger partial charge in [0.15, 0.2) is 0 Å². The molecule has 22 heavy (non-hydrogen) atoms. The van der Waals surface area contributed by atoms with Crippen molar-refractivity contribution in [3.8, 4) is 10.6 Å². The fourth-order valence-corrected chi connectivity index (χ4v) is 3.26. The zero-order valence-corrected chi connectivity index (χ0v) is 14.4. The Labute approximate surface area is 140 Å². The van der Waals surface area contributed by atoms with Crippen LogP contribution >= 0.6 is 22.9 Å². The first-order valence-electron chi connectivity index (χ1n) is 7.12. The van der Waals surface area contributed by atoms with E-state index < -0.39 is 0 Å². The summed E-state index contributed by atoms with van der Waals surface area (Å²) in [6.07, 6.45) is 0.308. The molecular formula is C17H19ClN2OS. The quantitative estimate of drug-likeness (QED) is 0.732. The zero-order chi connectivity index (χ0) is 16.1. The minimum atomic E-state index is 0.0708. The number of carbonyl (C=O) groups is 1. The van der Waals surface area contributed by atoms with Gasteiger partial charge < -0.3 is 4.90 Å². The van der Waals surface area contributed by atoms with E-state index in [0.717, 1.165) is 21.8 Å². The number of hydrogen-bond donors (Lipinski definition) is 0. The van der Waals surface area contributed by atoms with Crippen molar-refractivity contribution in [2.24, 2.45) is 0 Å². The van der Waals surface area contributed by atoms with Crippen LogP contribution in [0.4, 0.5) is 0 Å². The van der Waals surface area contributed by atoms with Gasteiger partial charge in [-0.3, -0.25) is 4.79 Å². The minimum Gasteiger partial charge on any atom is -0.339 e. The van der Waals surface area contributed by atoms with E-state index in [9.17, 15) is 4.79 Å². The van der Waals surface area contributed by atoms with Crippen molar-refractivity contribution in [3.05, 3.63) is 52.5 Å². The fourth-order valence-electron chi connectivity index (χ4n) is 2.12. The smallest absolute Gasteiger partial charge is 0.228 e. The lowest BCUT2D eigenvalue weighted by molar-refractivity contribution is -0.129. The van der Waals surface area contributed by atoms with Crippen molar-refractivity contribution >= 4 is 28.8 Å². The number of aromatic nitrogens is 1. The van der Waals surface area contributed by atoms with Crippen LogP contribution in [0, 0.1) is 0 Å². The molecule has 116 valence electrons. The van der Waals surface area contributed by atoms with Crippen molar-refractivity contribution in [3.63, 3.8) is 0 Å². The van der Waals surface area contributed by atoms with Gasteiger partial charge in [0.25, 0.3) is 0 Å². The number of carbonyl (C=O) groups excluding carboxylic acids is 1. The molecule has 5 heteroatoms. The van der Waals surface area contributed by atoms with Gasteiger partial charge in [-0.2, -0.15) is 0 Å². The number of nitrogens with zero attached hydrogens (tertiary/aromatic N) is 2. The topological polar surface area (TPSA) is 33.2 Å². The van der Waals surface area contributed by atoms with Gasteiger partial charge in [0.1, 0.15) is 5.01 Å². The van der Waals surface area contributed by atoms with Crippen molar-refractivity contribution < 1.29 is 4.79 Å². The third kappa shape index (κ3) is 4.18. The summed E-state index contributed by atoms with van der Waals surface area (Å²) in [6, 6.07) is 7.60. The summed E-state index contributed by atoms with van der Waals surface area (Å²) in [5, 5.41) is 3.44. The van der Waals surface area contributed by atoms with Crippen LogP contribution in [-0.2, 0) is 11.2 Å². The Hall–Kier alpha value is -1.65. The van der Waals surface area contributed by atoms with Crippen molar-refractivity contribution in [2.75, 3.05) is 13.1 Å². The second kappa shape index (κ2) is 7.56. The molecule has 0 saturated heterocycles. The lowest BCUT2D eigenvalue weighted by Crippen LogP contribution is -2.33. The van der Waals surface area contributed by atoms with E-state index in [4.69, 9.17) is 11.6 Å². The average molecular weight is 335 g/mol. The first-order valence-corrected chi connectivity index (χ1v) is 8.38. The molecule has 0 bridgehead atoms. The van der Waals surface area contributed by atoms with Gasteiger partial charge in [0.05, 0.1) is 17.1 Å². The monoisotopic (exact) mass is 334 g/mol. The van der Waals surface area contributed by atoms with E-state index in [0.29, 0.717) is 24.5 Å². The molecule has 0 aliphatic heterocycles. The van der Waals surface area contributed by atoms with E-state index in [1.165, 1.54) is 11.3 Å². The molecule has 2 aromatic rings. The minimum absolute atomic E-state index is 0.0708. The van der Waals surface area contributed by atoms with E-state index in [1.807, 2.05) is 43.5 Å². The lowest BCUT2D eigenvalue weighted by Gasteiger charge is -2.20. The van der Waals surface area contributed by atoms with Gasteiger partial charge in [-0.15, -0.1) is 11.3 Å². The number of halogens is 1. The molecule has 2 rings (SSSR count). The molecule has 1 aromatic heterocycles. The number of thiazole rings is 1. The predicted octanol–water partition coefficient (Wildman–Crippen LogP) is 4.43. The van der Waals surface area contributed by atoms with Crippen LogP contribution in [0.25, 0.3) is 10.6 Å². The van der Waals surface area contributed by atoms with Crippen LogP contribution < -0.4 is 0 Å². The van der Waals surface area contributed by atoms with Crippen LogP contribution in [0.3, 0.4) is 0 Å². The molecule has 0 fully saturated rings. The maximum absolute atomic E-state index is 12.3. The van der Waals surface area contributed by atoms with Crippen molar-refractivity contribution in [1.82, 2.24) is 9.88 Å². The van der Waals surface area contributed by atoms with E-state index >= 15 is 0 Å². The molecule has 0 N–H and O–H groups in total. The van der Waals surface area contributed by atoms with Crippen molar-refractivity contribution in [2.45, 2.75) is 20.3 Å². The Bertz CT molecular complexity index is 681. The highest BCUT2D eigenvalue weighted by molar-refractivity contribution is 7.13. The molecule has 0 atom stereocenters. The third-order valence-electron chi connectivity index (χ3n) is 3.18.